The average Bonchev–Trinajstić information content (AvgIpc) is 3.10. The van der Waals surface area contributed by atoms with Gasteiger partial charge >= 0.3 is 0 Å². The molecule has 0 saturated carbocycles. The van der Waals surface area contributed by atoms with Crippen molar-refractivity contribution in [3.05, 3.63) is 95.1 Å². The molecule has 0 radical (unpaired) electrons. The van der Waals surface area contributed by atoms with E-state index < -0.39 is 23.5 Å². The van der Waals surface area contributed by atoms with Crippen molar-refractivity contribution in [1.82, 2.24) is 4.98 Å². The highest BCUT2D eigenvalue weighted by Crippen LogP contribution is 2.42. The summed E-state index contributed by atoms with van der Waals surface area (Å²) in [6.07, 6.45) is 3.09. The number of amides is 1. The number of benzene rings is 2. The summed E-state index contributed by atoms with van der Waals surface area (Å²) in [6.45, 7) is 6.38. The Kier molecular flexibility index (Phi) is 6.45. The highest BCUT2D eigenvalue weighted by atomic mass is 19.1. The van der Waals surface area contributed by atoms with E-state index in [1.807, 2.05) is 20.8 Å². The van der Waals surface area contributed by atoms with Crippen molar-refractivity contribution in [2.75, 3.05) is 11.5 Å². The van der Waals surface area contributed by atoms with Gasteiger partial charge < -0.3 is 9.84 Å². The highest BCUT2D eigenvalue weighted by molar-refractivity contribution is 6.51. The molecular weight excluding hydrogens is 435 g/mol. The van der Waals surface area contributed by atoms with E-state index in [1.54, 1.807) is 42.6 Å². The van der Waals surface area contributed by atoms with Crippen LogP contribution in [-0.2, 0) is 9.59 Å². The Balaban J connectivity index is 1.92. The van der Waals surface area contributed by atoms with Gasteiger partial charge in [-0.2, -0.15) is 0 Å². The maximum atomic E-state index is 14.0. The van der Waals surface area contributed by atoms with Crippen LogP contribution in [0.25, 0.3) is 5.76 Å². The van der Waals surface area contributed by atoms with Crippen LogP contribution in [0.15, 0.2) is 72.6 Å². The zero-order valence-electron chi connectivity index (χ0n) is 19.2. The van der Waals surface area contributed by atoms with Crippen molar-refractivity contribution in [2.45, 2.75) is 32.7 Å². The van der Waals surface area contributed by atoms with E-state index in [4.69, 9.17) is 4.74 Å². The SMILES string of the molecule is CCOc1ccc(/C(O)=C2/C(=O)C(=O)N(c3cccc(F)c3)C2c2cccnc2)cc1C(C)C. The van der Waals surface area contributed by atoms with E-state index in [0.29, 0.717) is 23.5 Å². The molecular formula is C27H25FN2O4. The largest absolute Gasteiger partial charge is 0.507 e. The van der Waals surface area contributed by atoms with Crippen molar-refractivity contribution in [2.24, 2.45) is 0 Å². The Morgan fingerprint density at radius 2 is 1.94 bits per heavy atom. The molecule has 1 unspecified atom stereocenters. The topological polar surface area (TPSA) is 79.7 Å². The van der Waals surface area contributed by atoms with Crippen LogP contribution in [-0.4, -0.2) is 28.4 Å². The number of rotatable bonds is 6. The molecule has 4 rings (SSSR count). The van der Waals surface area contributed by atoms with E-state index >= 15 is 0 Å². The molecule has 174 valence electrons. The molecule has 3 aromatic rings. The van der Waals surface area contributed by atoms with Crippen LogP contribution < -0.4 is 9.64 Å². The number of ether oxygens (including phenoxy) is 1. The third-order valence-electron chi connectivity index (χ3n) is 5.74. The van der Waals surface area contributed by atoms with Gasteiger partial charge in [-0.05, 0) is 66.4 Å². The van der Waals surface area contributed by atoms with Crippen LogP contribution in [0.3, 0.4) is 0 Å². The number of nitrogens with zero attached hydrogens (tertiary/aromatic N) is 2. The van der Waals surface area contributed by atoms with E-state index in [9.17, 15) is 19.1 Å². The lowest BCUT2D eigenvalue weighted by atomic mass is 9.93. The minimum absolute atomic E-state index is 0.0823. The average molecular weight is 461 g/mol. The molecule has 2 heterocycles. The van der Waals surface area contributed by atoms with E-state index in [2.05, 4.69) is 4.98 Å². The molecule has 1 N–H and O–H groups in total. The molecule has 34 heavy (non-hydrogen) atoms. The smallest absolute Gasteiger partial charge is 0.300 e. The first-order valence-electron chi connectivity index (χ1n) is 11.1. The Bertz CT molecular complexity index is 1270. The minimum atomic E-state index is -0.968. The first kappa shape index (κ1) is 23.2. The summed E-state index contributed by atoms with van der Waals surface area (Å²) in [7, 11) is 0. The molecule has 0 spiro atoms. The highest BCUT2D eigenvalue weighted by Gasteiger charge is 2.47. The van der Waals surface area contributed by atoms with Crippen molar-refractivity contribution in [3.63, 3.8) is 0 Å². The summed E-state index contributed by atoms with van der Waals surface area (Å²) in [5, 5.41) is 11.3. The van der Waals surface area contributed by atoms with Gasteiger partial charge in [0.15, 0.2) is 0 Å². The number of Topliss-reactive ketones (excluding diaryl/α,β-unsaturated/α-hetero) is 1. The molecule has 1 atom stereocenters. The second-order valence-corrected chi connectivity index (χ2v) is 8.28. The van der Waals surface area contributed by atoms with Gasteiger partial charge in [0.05, 0.1) is 18.2 Å². The van der Waals surface area contributed by atoms with Gasteiger partial charge in [-0.15, -0.1) is 0 Å². The van der Waals surface area contributed by atoms with Crippen molar-refractivity contribution < 1.29 is 23.8 Å². The fourth-order valence-corrected chi connectivity index (χ4v) is 4.17. The lowest BCUT2D eigenvalue weighted by molar-refractivity contribution is -0.132. The number of pyridine rings is 1. The van der Waals surface area contributed by atoms with Gasteiger partial charge in [0.2, 0.25) is 0 Å². The number of hydrogen-bond acceptors (Lipinski definition) is 5. The third kappa shape index (κ3) is 4.17. The molecule has 0 aliphatic carbocycles. The van der Waals surface area contributed by atoms with E-state index in [1.165, 1.54) is 29.3 Å². The summed E-state index contributed by atoms with van der Waals surface area (Å²) in [5.41, 5.74) is 1.90. The Labute approximate surface area is 197 Å². The summed E-state index contributed by atoms with van der Waals surface area (Å²) in [5.74, 6) is -1.77. The zero-order chi connectivity index (χ0) is 24.4. The van der Waals surface area contributed by atoms with Crippen molar-refractivity contribution >= 4 is 23.1 Å². The van der Waals surface area contributed by atoms with Crippen molar-refractivity contribution in [3.8, 4) is 5.75 Å². The maximum absolute atomic E-state index is 14.0. The van der Waals surface area contributed by atoms with E-state index in [0.717, 1.165) is 5.56 Å². The number of aromatic nitrogens is 1. The molecule has 6 nitrogen and oxygen atoms in total. The summed E-state index contributed by atoms with van der Waals surface area (Å²) in [6, 6.07) is 13.0. The van der Waals surface area contributed by atoms with Crippen LogP contribution >= 0.6 is 0 Å². The third-order valence-corrected chi connectivity index (χ3v) is 5.74. The predicted octanol–water partition coefficient (Wildman–Crippen LogP) is 5.37. The van der Waals surface area contributed by atoms with Gasteiger partial charge in [0, 0.05) is 23.6 Å². The summed E-state index contributed by atoms with van der Waals surface area (Å²) >= 11 is 0. The van der Waals surface area contributed by atoms with Crippen LogP contribution in [0.4, 0.5) is 10.1 Å². The van der Waals surface area contributed by atoms with Gasteiger partial charge in [0.25, 0.3) is 11.7 Å². The first-order chi connectivity index (χ1) is 16.3. The van der Waals surface area contributed by atoms with Gasteiger partial charge in [-0.1, -0.05) is 26.0 Å². The standard InChI is InChI=1S/C27H25FN2O4/c1-4-34-22-11-10-17(13-21(22)16(2)3)25(31)23-24(18-7-6-12-29-15-18)30(27(33)26(23)32)20-9-5-8-19(28)14-20/h5-16,24,31H,4H2,1-3H3/b25-23-. The Morgan fingerprint density at radius 1 is 1.15 bits per heavy atom. The predicted molar refractivity (Wildman–Crippen MR) is 127 cm³/mol. The second-order valence-electron chi connectivity index (χ2n) is 8.28. The monoisotopic (exact) mass is 460 g/mol. The second kappa shape index (κ2) is 9.47. The Morgan fingerprint density at radius 3 is 2.59 bits per heavy atom. The van der Waals surface area contributed by atoms with Gasteiger partial charge in [-0.3, -0.25) is 19.5 Å². The van der Waals surface area contributed by atoms with Crippen molar-refractivity contribution in [1.29, 1.82) is 0 Å². The molecule has 1 saturated heterocycles. The van der Waals surface area contributed by atoms with Crippen LogP contribution in [0.2, 0.25) is 0 Å². The Hall–Kier alpha value is -4.00. The number of anilines is 1. The molecule has 1 aliphatic heterocycles. The van der Waals surface area contributed by atoms with Crippen LogP contribution in [0, 0.1) is 5.82 Å². The number of carbonyl (C=O) groups is 2. The zero-order valence-corrected chi connectivity index (χ0v) is 19.2. The number of aliphatic hydroxyl groups excluding tert-OH is 1. The minimum Gasteiger partial charge on any atom is -0.507 e. The molecule has 1 aliphatic rings. The van der Waals surface area contributed by atoms with Crippen LogP contribution in [0.5, 0.6) is 5.75 Å². The lowest BCUT2D eigenvalue weighted by Gasteiger charge is -2.25. The van der Waals surface area contributed by atoms with E-state index in [-0.39, 0.29) is 22.9 Å². The normalized spacial score (nSPS) is 17.4. The van der Waals surface area contributed by atoms with Crippen LogP contribution in [0.1, 0.15) is 49.4 Å². The fourth-order valence-electron chi connectivity index (χ4n) is 4.17. The molecule has 1 fully saturated rings. The summed E-state index contributed by atoms with van der Waals surface area (Å²) < 4.78 is 19.7. The number of halogens is 1. The number of carbonyl (C=O) groups excluding carboxylic acids is 2. The lowest BCUT2D eigenvalue weighted by Crippen LogP contribution is -2.29. The van der Waals surface area contributed by atoms with Gasteiger partial charge in [0.1, 0.15) is 17.3 Å². The fraction of sp³-hybridized carbons (Fsp3) is 0.222. The number of aliphatic hydroxyl groups is 1. The number of hydrogen-bond donors (Lipinski definition) is 1. The number of ketones is 1. The summed E-state index contributed by atoms with van der Waals surface area (Å²) in [4.78, 5) is 31.7. The van der Waals surface area contributed by atoms with Gasteiger partial charge in [-0.25, -0.2) is 4.39 Å². The maximum Gasteiger partial charge on any atom is 0.300 e. The molecule has 2 aromatic carbocycles. The molecule has 0 bridgehead atoms. The molecule has 1 amide bonds. The molecule has 7 heteroatoms. The first-order valence-corrected chi connectivity index (χ1v) is 11.1. The quantitative estimate of drug-likeness (QED) is 0.304. The molecule has 1 aromatic heterocycles.